The summed E-state index contributed by atoms with van der Waals surface area (Å²) >= 11 is 0. The second-order valence-electron chi connectivity index (χ2n) is 6.07. The lowest BCUT2D eigenvalue weighted by Gasteiger charge is -2.25. The summed E-state index contributed by atoms with van der Waals surface area (Å²) in [5, 5.41) is 3.52. The lowest BCUT2D eigenvalue weighted by atomic mass is 9.84. The third kappa shape index (κ3) is 3.03. The molecule has 0 fully saturated rings. The van der Waals surface area contributed by atoms with E-state index in [0.29, 0.717) is 6.04 Å². The van der Waals surface area contributed by atoms with Crippen molar-refractivity contribution >= 4 is 0 Å². The quantitative estimate of drug-likeness (QED) is 0.854. The van der Waals surface area contributed by atoms with Crippen LogP contribution in [0.3, 0.4) is 0 Å². The number of hydrogen-bond acceptors (Lipinski definition) is 1. The van der Waals surface area contributed by atoms with E-state index in [1.165, 1.54) is 38.9 Å². The summed E-state index contributed by atoms with van der Waals surface area (Å²) in [5.74, 6) is 0. The van der Waals surface area contributed by atoms with E-state index < -0.39 is 0 Å². The minimum absolute atomic E-state index is 0.366. The molecule has 0 aliphatic carbocycles. The van der Waals surface area contributed by atoms with E-state index in [1.807, 2.05) is 0 Å². The molecular weight excluding hydrogens is 254 g/mol. The van der Waals surface area contributed by atoms with Crippen molar-refractivity contribution in [1.29, 1.82) is 0 Å². The zero-order valence-corrected chi connectivity index (χ0v) is 14.2. The summed E-state index contributed by atoms with van der Waals surface area (Å²) in [7, 11) is 2.07. The molecule has 1 heteroatoms. The Balaban J connectivity index is 2.48. The van der Waals surface area contributed by atoms with E-state index in [2.05, 4.69) is 77.3 Å². The molecule has 0 aliphatic heterocycles. The first-order chi connectivity index (χ1) is 9.97. The van der Waals surface area contributed by atoms with Gasteiger partial charge in [0.05, 0.1) is 0 Å². The third-order valence-electron chi connectivity index (χ3n) is 5.04. The summed E-state index contributed by atoms with van der Waals surface area (Å²) in [5.41, 5.74) is 10.0. The SMILES string of the molecule is CNC(Cc1ccccc1)c1c(C)c(C)c(C)c(C)c1C. The maximum Gasteiger partial charge on any atom is 0.0363 e. The Labute approximate surface area is 129 Å². The number of nitrogens with one attached hydrogen (secondary N) is 1. The smallest absolute Gasteiger partial charge is 0.0363 e. The molecule has 1 N–H and O–H groups in total. The molecule has 0 aliphatic rings. The Hall–Kier alpha value is -1.60. The van der Waals surface area contributed by atoms with Crippen molar-refractivity contribution in [3.63, 3.8) is 0 Å². The van der Waals surface area contributed by atoms with Gasteiger partial charge in [-0.15, -0.1) is 0 Å². The molecule has 2 aromatic rings. The highest BCUT2D eigenvalue weighted by Crippen LogP contribution is 2.31. The standard InChI is InChI=1S/C20H27N/c1-13-14(2)16(4)20(17(5)15(13)3)19(21-6)12-18-10-8-7-9-11-18/h7-11,19,21H,12H2,1-6H3. The number of rotatable bonds is 4. The van der Waals surface area contributed by atoms with E-state index in [-0.39, 0.29) is 0 Å². The minimum atomic E-state index is 0.366. The number of hydrogen-bond donors (Lipinski definition) is 1. The van der Waals surface area contributed by atoms with Gasteiger partial charge < -0.3 is 5.32 Å². The van der Waals surface area contributed by atoms with Gasteiger partial charge in [0.1, 0.15) is 0 Å². The molecule has 0 amide bonds. The zero-order chi connectivity index (χ0) is 15.6. The molecule has 0 radical (unpaired) electrons. The molecule has 1 nitrogen and oxygen atoms in total. The Bertz CT molecular complexity index is 597. The van der Waals surface area contributed by atoms with Crippen LogP contribution in [0.1, 0.15) is 45.0 Å². The predicted molar refractivity (Wildman–Crippen MR) is 92.1 cm³/mol. The molecule has 0 aromatic heterocycles. The highest BCUT2D eigenvalue weighted by molar-refractivity contribution is 5.51. The van der Waals surface area contributed by atoms with E-state index >= 15 is 0 Å². The summed E-state index contributed by atoms with van der Waals surface area (Å²) in [6.07, 6.45) is 1.03. The molecule has 1 atom stereocenters. The van der Waals surface area contributed by atoms with Gasteiger partial charge in [0.25, 0.3) is 0 Å². The first kappa shape index (κ1) is 15.8. The van der Waals surface area contributed by atoms with Crippen LogP contribution in [0.2, 0.25) is 0 Å². The number of likely N-dealkylation sites (N-methyl/N-ethyl adjacent to an activating group) is 1. The monoisotopic (exact) mass is 281 g/mol. The van der Waals surface area contributed by atoms with Crippen LogP contribution in [0.4, 0.5) is 0 Å². The third-order valence-corrected chi connectivity index (χ3v) is 5.04. The maximum atomic E-state index is 3.52. The van der Waals surface area contributed by atoms with Gasteiger partial charge in [0.2, 0.25) is 0 Å². The molecule has 0 saturated carbocycles. The Morgan fingerprint density at radius 2 is 1.24 bits per heavy atom. The van der Waals surface area contributed by atoms with Gasteiger partial charge in [-0.2, -0.15) is 0 Å². The van der Waals surface area contributed by atoms with Crippen LogP contribution in [-0.2, 0) is 6.42 Å². The average Bonchev–Trinajstić information content (AvgIpc) is 2.51. The van der Waals surface area contributed by atoms with Gasteiger partial charge in [-0.3, -0.25) is 0 Å². The molecule has 0 bridgehead atoms. The first-order valence-electron chi connectivity index (χ1n) is 7.75. The zero-order valence-electron chi connectivity index (χ0n) is 14.2. The lowest BCUT2D eigenvalue weighted by molar-refractivity contribution is 0.584. The van der Waals surface area contributed by atoms with Crippen molar-refractivity contribution in [2.45, 2.75) is 47.1 Å². The minimum Gasteiger partial charge on any atom is -0.313 e. The van der Waals surface area contributed by atoms with E-state index in [4.69, 9.17) is 0 Å². The van der Waals surface area contributed by atoms with Crippen molar-refractivity contribution in [2.75, 3.05) is 7.05 Å². The van der Waals surface area contributed by atoms with Crippen molar-refractivity contribution < 1.29 is 0 Å². The van der Waals surface area contributed by atoms with Gasteiger partial charge in [0, 0.05) is 6.04 Å². The van der Waals surface area contributed by atoms with Crippen molar-refractivity contribution in [3.8, 4) is 0 Å². The van der Waals surface area contributed by atoms with Gasteiger partial charge in [-0.05, 0) is 87.0 Å². The fourth-order valence-electron chi connectivity index (χ4n) is 3.25. The second kappa shape index (κ2) is 6.44. The molecule has 0 saturated heterocycles. The van der Waals surface area contributed by atoms with Crippen LogP contribution in [0, 0.1) is 34.6 Å². The van der Waals surface area contributed by atoms with Gasteiger partial charge in [-0.25, -0.2) is 0 Å². The van der Waals surface area contributed by atoms with Crippen LogP contribution in [0.25, 0.3) is 0 Å². The predicted octanol–water partition coefficient (Wildman–Crippen LogP) is 4.73. The molecule has 0 spiro atoms. The molecular formula is C20H27N. The Morgan fingerprint density at radius 3 is 1.71 bits per heavy atom. The fraction of sp³-hybridized carbons (Fsp3) is 0.400. The van der Waals surface area contributed by atoms with Crippen molar-refractivity contribution in [1.82, 2.24) is 5.32 Å². The lowest BCUT2D eigenvalue weighted by Crippen LogP contribution is -2.22. The van der Waals surface area contributed by atoms with Crippen LogP contribution >= 0.6 is 0 Å². The molecule has 2 rings (SSSR count). The van der Waals surface area contributed by atoms with Gasteiger partial charge in [-0.1, -0.05) is 30.3 Å². The number of benzene rings is 2. The summed E-state index contributed by atoms with van der Waals surface area (Å²) < 4.78 is 0. The summed E-state index contributed by atoms with van der Waals surface area (Å²) in [6.45, 7) is 11.3. The van der Waals surface area contributed by atoms with Crippen LogP contribution in [0.5, 0.6) is 0 Å². The van der Waals surface area contributed by atoms with E-state index in [9.17, 15) is 0 Å². The molecule has 0 heterocycles. The van der Waals surface area contributed by atoms with Crippen LogP contribution < -0.4 is 5.32 Å². The van der Waals surface area contributed by atoms with Gasteiger partial charge >= 0.3 is 0 Å². The molecule has 1 unspecified atom stereocenters. The summed E-state index contributed by atoms with van der Waals surface area (Å²) in [6, 6.07) is 11.1. The topological polar surface area (TPSA) is 12.0 Å². The van der Waals surface area contributed by atoms with Crippen molar-refractivity contribution in [2.24, 2.45) is 0 Å². The highest BCUT2D eigenvalue weighted by atomic mass is 14.9. The largest absolute Gasteiger partial charge is 0.313 e. The first-order valence-corrected chi connectivity index (χ1v) is 7.75. The normalized spacial score (nSPS) is 12.5. The van der Waals surface area contributed by atoms with Crippen LogP contribution in [-0.4, -0.2) is 7.05 Å². The fourth-order valence-corrected chi connectivity index (χ4v) is 3.25. The van der Waals surface area contributed by atoms with Crippen molar-refractivity contribution in [3.05, 3.63) is 69.3 Å². The van der Waals surface area contributed by atoms with E-state index in [0.717, 1.165) is 6.42 Å². The van der Waals surface area contributed by atoms with Crippen LogP contribution in [0.15, 0.2) is 30.3 Å². The Morgan fingerprint density at radius 1 is 0.762 bits per heavy atom. The molecule has 21 heavy (non-hydrogen) atoms. The average molecular weight is 281 g/mol. The highest BCUT2D eigenvalue weighted by Gasteiger charge is 2.19. The molecule has 112 valence electrons. The van der Waals surface area contributed by atoms with Gasteiger partial charge in [0.15, 0.2) is 0 Å². The summed E-state index contributed by atoms with van der Waals surface area (Å²) in [4.78, 5) is 0. The molecule has 2 aromatic carbocycles. The Kier molecular flexibility index (Phi) is 4.84. The maximum absolute atomic E-state index is 3.52. The van der Waals surface area contributed by atoms with E-state index in [1.54, 1.807) is 0 Å². The second-order valence-corrected chi connectivity index (χ2v) is 6.07.